The summed E-state index contributed by atoms with van der Waals surface area (Å²) in [6.07, 6.45) is 1.41. The first-order chi connectivity index (χ1) is 10.4. The van der Waals surface area contributed by atoms with Crippen molar-refractivity contribution in [2.24, 2.45) is 11.7 Å². The minimum Gasteiger partial charge on any atom is -0.299 e. The van der Waals surface area contributed by atoms with Gasteiger partial charge in [-0.2, -0.15) is 0 Å². The molecule has 1 aromatic rings. The van der Waals surface area contributed by atoms with E-state index in [4.69, 9.17) is 11.7 Å². The molecule has 0 aliphatic heterocycles. The molecule has 0 atom stereocenters. The van der Waals surface area contributed by atoms with Crippen LogP contribution in [0.4, 0.5) is 0 Å². The van der Waals surface area contributed by atoms with Gasteiger partial charge in [0.1, 0.15) is 0 Å². The molecule has 1 rings (SSSR count). The largest absolute Gasteiger partial charge is 0.328 e. The van der Waals surface area contributed by atoms with Crippen molar-refractivity contribution in [3.8, 4) is 0 Å². The average Bonchev–Trinajstić information content (AvgIpc) is 2.48. The normalized spacial score (nSPS) is 10.5. The minimum atomic E-state index is -0.567. The van der Waals surface area contributed by atoms with Gasteiger partial charge in [-0.3, -0.25) is 39.7 Å². The van der Waals surface area contributed by atoms with Gasteiger partial charge in [-0.1, -0.05) is 0 Å². The number of carbonyl (C=O) groups is 2. The Labute approximate surface area is 125 Å². The van der Waals surface area contributed by atoms with Crippen LogP contribution in [0.15, 0.2) is 15.8 Å². The molecular formula is C11H19N7O4. The van der Waals surface area contributed by atoms with Gasteiger partial charge in [0, 0.05) is 24.8 Å². The fourth-order valence-corrected chi connectivity index (χ4v) is 1.75. The summed E-state index contributed by atoms with van der Waals surface area (Å²) in [4.78, 5) is 49.2. The zero-order valence-electron chi connectivity index (χ0n) is 12.1. The third-order valence-corrected chi connectivity index (χ3v) is 2.90. The molecule has 11 nitrogen and oxygen atoms in total. The van der Waals surface area contributed by atoms with E-state index in [1.165, 1.54) is 15.7 Å². The van der Waals surface area contributed by atoms with Crippen molar-refractivity contribution in [3.63, 3.8) is 0 Å². The van der Waals surface area contributed by atoms with Gasteiger partial charge in [-0.15, -0.1) is 0 Å². The first kappa shape index (κ1) is 17.6. The van der Waals surface area contributed by atoms with E-state index in [0.29, 0.717) is 5.56 Å². The molecule has 0 radical (unpaired) electrons. The highest BCUT2D eigenvalue weighted by atomic mass is 16.2. The van der Waals surface area contributed by atoms with Crippen LogP contribution < -0.4 is 33.8 Å². The van der Waals surface area contributed by atoms with Crippen LogP contribution in [0.25, 0.3) is 0 Å². The summed E-state index contributed by atoms with van der Waals surface area (Å²) in [5.41, 5.74) is 3.26. The Morgan fingerprint density at radius 1 is 1.23 bits per heavy atom. The molecule has 7 N–H and O–H groups in total. The number of nitrogens with one attached hydrogen (secondary N) is 3. The van der Waals surface area contributed by atoms with E-state index in [0.717, 1.165) is 0 Å². The summed E-state index contributed by atoms with van der Waals surface area (Å²) < 4.78 is 1.28. The van der Waals surface area contributed by atoms with Crippen molar-refractivity contribution in [1.29, 1.82) is 0 Å². The monoisotopic (exact) mass is 313 g/mol. The van der Waals surface area contributed by atoms with Gasteiger partial charge in [-0.25, -0.2) is 16.5 Å². The van der Waals surface area contributed by atoms with Crippen LogP contribution in [-0.2, 0) is 16.1 Å². The lowest BCUT2D eigenvalue weighted by atomic mass is 10.3. The van der Waals surface area contributed by atoms with Gasteiger partial charge in [0.25, 0.3) is 5.56 Å². The second-order valence-electron chi connectivity index (χ2n) is 4.61. The number of amides is 2. The highest BCUT2D eigenvalue weighted by molar-refractivity contribution is 5.80. The maximum atomic E-state index is 11.7. The Bertz CT molecular complexity index is 633. The van der Waals surface area contributed by atoms with E-state index in [2.05, 4.69) is 4.98 Å². The quantitative estimate of drug-likeness (QED) is 0.195. The first-order valence-corrected chi connectivity index (χ1v) is 6.39. The molecule has 2 amide bonds. The fraction of sp³-hybridized carbons (Fsp3) is 0.455. The lowest BCUT2D eigenvalue weighted by molar-refractivity contribution is -0.125. The number of hydrogen-bond donors (Lipinski definition) is 5. The molecule has 0 aliphatic carbocycles. The van der Waals surface area contributed by atoms with Crippen molar-refractivity contribution >= 4 is 11.8 Å². The molecule has 11 heteroatoms. The second-order valence-corrected chi connectivity index (χ2v) is 4.61. The van der Waals surface area contributed by atoms with Crippen molar-refractivity contribution in [2.75, 3.05) is 19.6 Å². The maximum Gasteiger partial charge on any atom is 0.328 e. The Kier molecular flexibility index (Phi) is 6.44. The first-order valence-electron chi connectivity index (χ1n) is 6.39. The molecule has 0 fully saturated rings. The number of carbonyl (C=O) groups excluding carboxylic acids is 2. The third kappa shape index (κ3) is 5.12. The Hall–Kier alpha value is -2.50. The van der Waals surface area contributed by atoms with E-state index >= 15 is 0 Å². The minimum absolute atomic E-state index is 0.138. The molecule has 1 heterocycles. The number of hydrazine groups is 2. The molecular weight excluding hydrogens is 294 g/mol. The number of aromatic nitrogens is 2. The molecule has 22 heavy (non-hydrogen) atoms. The average molecular weight is 313 g/mol. The van der Waals surface area contributed by atoms with Crippen LogP contribution >= 0.6 is 0 Å². The SMILES string of the molecule is Cc1cn(CCN(CC(=O)NN)CC(=O)NN)c(=O)[nH]c1=O. The topological polar surface area (TPSA) is 168 Å². The predicted molar refractivity (Wildman–Crippen MR) is 77.2 cm³/mol. The summed E-state index contributed by atoms with van der Waals surface area (Å²) in [5, 5.41) is 0. The van der Waals surface area contributed by atoms with Crippen molar-refractivity contribution < 1.29 is 9.59 Å². The molecule has 0 saturated carbocycles. The lowest BCUT2D eigenvalue weighted by Gasteiger charge is -2.20. The number of hydrogen-bond acceptors (Lipinski definition) is 7. The molecule has 0 unspecified atom stereocenters. The number of H-pyrrole nitrogens is 1. The van der Waals surface area contributed by atoms with Crippen molar-refractivity contribution in [1.82, 2.24) is 25.3 Å². The molecule has 0 spiro atoms. The molecule has 0 saturated heterocycles. The highest BCUT2D eigenvalue weighted by Gasteiger charge is 2.14. The summed E-state index contributed by atoms with van der Waals surface area (Å²) in [6.45, 7) is 1.66. The maximum absolute atomic E-state index is 11.7. The summed E-state index contributed by atoms with van der Waals surface area (Å²) in [6, 6.07) is 0. The van der Waals surface area contributed by atoms with Gasteiger partial charge in [-0.05, 0) is 6.92 Å². The van der Waals surface area contributed by atoms with E-state index in [9.17, 15) is 19.2 Å². The van der Waals surface area contributed by atoms with Crippen LogP contribution in [0.1, 0.15) is 5.56 Å². The Balaban J connectivity index is 2.79. The lowest BCUT2D eigenvalue weighted by Crippen LogP contribution is -2.47. The summed E-state index contributed by atoms with van der Waals surface area (Å²) in [5.74, 6) is 9.03. The standard InChI is InChI=1S/C11H19N7O4/c1-7-4-18(11(22)14-10(7)21)3-2-17(5-8(19)15-12)6-9(20)16-13/h4H,2-3,5-6,12-13H2,1H3,(H,15,19)(H,16,20)(H,14,21,22). The summed E-state index contributed by atoms with van der Waals surface area (Å²) >= 11 is 0. The van der Waals surface area contributed by atoms with Gasteiger partial charge in [0.15, 0.2) is 0 Å². The molecule has 1 aromatic heterocycles. The smallest absolute Gasteiger partial charge is 0.299 e. The Morgan fingerprint density at radius 2 is 1.77 bits per heavy atom. The highest BCUT2D eigenvalue weighted by Crippen LogP contribution is 1.92. The van der Waals surface area contributed by atoms with Gasteiger partial charge < -0.3 is 0 Å². The zero-order chi connectivity index (χ0) is 16.7. The number of nitrogens with two attached hydrogens (primary N) is 2. The second kappa shape index (κ2) is 8.07. The van der Waals surface area contributed by atoms with E-state index in [-0.39, 0.29) is 26.2 Å². The van der Waals surface area contributed by atoms with E-state index in [1.807, 2.05) is 10.9 Å². The number of aryl methyl sites for hydroxylation is 1. The van der Waals surface area contributed by atoms with Crippen LogP contribution in [-0.4, -0.2) is 45.9 Å². The van der Waals surface area contributed by atoms with Crippen molar-refractivity contribution in [3.05, 3.63) is 32.6 Å². The predicted octanol–water partition coefficient (Wildman–Crippen LogP) is -3.87. The van der Waals surface area contributed by atoms with Crippen LogP contribution in [0.5, 0.6) is 0 Å². The number of aromatic amines is 1. The fourth-order valence-electron chi connectivity index (χ4n) is 1.75. The third-order valence-electron chi connectivity index (χ3n) is 2.90. The number of nitrogens with zero attached hydrogens (tertiary/aromatic N) is 2. The van der Waals surface area contributed by atoms with E-state index in [1.54, 1.807) is 6.92 Å². The van der Waals surface area contributed by atoms with Gasteiger partial charge >= 0.3 is 5.69 Å². The summed E-state index contributed by atoms with van der Waals surface area (Å²) in [7, 11) is 0. The van der Waals surface area contributed by atoms with Crippen LogP contribution in [0.3, 0.4) is 0 Å². The number of rotatable bonds is 7. The van der Waals surface area contributed by atoms with Crippen LogP contribution in [0.2, 0.25) is 0 Å². The Morgan fingerprint density at radius 3 is 2.27 bits per heavy atom. The van der Waals surface area contributed by atoms with Crippen molar-refractivity contribution in [2.45, 2.75) is 13.5 Å². The molecule has 0 bridgehead atoms. The molecule has 0 aliphatic rings. The zero-order valence-corrected chi connectivity index (χ0v) is 12.1. The van der Waals surface area contributed by atoms with Gasteiger partial charge in [0.05, 0.1) is 13.1 Å². The molecule has 122 valence electrons. The van der Waals surface area contributed by atoms with Gasteiger partial charge in [0.2, 0.25) is 11.8 Å². The van der Waals surface area contributed by atoms with E-state index < -0.39 is 23.1 Å². The van der Waals surface area contributed by atoms with Crippen LogP contribution in [0, 0.1) is 6.92 Å². The molecule has 0 aromatic carbocycles.